The van der Waals surface area contributed by atoms with E-state index in [4.69, 9.17) is 9.47 Å². The van der Waals surface area contributed by atoms with E-state index in [1.165, 1.54) is 0 Å². The Hall–Kier alpha value is -2.15. The number of aromatic nitrogens is 1. The molecule has 0 fully saturated rings. The molecule has 0 aliphatic heterocycles. The molecule has 1 aromatic carbocycles. The molecular formula is C22H33N3O3. The van der Waals surface area contributed by atoms with E-state index in [1.54, 1.807) is 7.11 Å². The zero-order chi connectivity index (χ0) is 20.4. The van der Waals surface area contributed by atoms with Crippen LogP contribution < -0.4 is 14.8 Å². The van der Waals surface area contributed by atoms with Gasteiger partial charge in [0, 0.05) is 44.0 Å². The van der Waals surface area contributed by atoms with Crippen molar-refractivity contribution in [3.8, 4) is 11.5 Å². The SMILES string of the molecule is COc1ccc(CNCCc2ccccn2)cc1OCC(O)CN(C)C(C)C. The van der Waals surface area contributed by atoms with Gasteiger partial charge in [0.25, 0.3) is 0 Å². The van der Waals surface area contributed by atoms with E-state index in [-0.39, 0.29) is 6.61 Å². The second-order valence-electron chi connectivity index (χ2n) is 7.23. The Labute approximate surface area is 168 Å². The number of methoxy groups -OCH3 is 1. The molecule has 1 unspecified atom stereocenters. The minimum absolute atomic E-state index is 0.226. The van der Waals surface area contributed by atoms with E-state index >= 15 is 0 Å². The summed E-state index contributed by atoms with van der Waals surface area (Å²) in [6.45, 7) is 6.56. The fourth-order valence-electron chi connectivity index (χ4n) is 2.72. The summed E-state index contributed by atoms with van der Waals surface area (Å²) in [5.41, 5.74) is 2.18. The first-order valence-corrected chi connectivity index (χ1v) is 9.78. The third-order valence-electron chi connectivity index (χ3n) is 4.65. The molecule has 2 rings (SSSR count). The van der Waals surface area contributed by atoms with Gasteiger partial charge in [0.2, 0.25) is 0 Å². The number of nitrogens with one attached hydrogen (secondary N) is 1. The summed E-state index contributed by atoms with van der Waals surface area (Å²) in [6, 6.07) is 12.2. The summed E-state index contributed by atoms with van der Waals surface area (Å²) in [4.78, 5) is 6.42. The summed E-state index contributed by atoms with van der Waals surface area (Å²) in [6.07, 6.45) is 2.14. The predicted octanol–water partition coefficient (Wildman–Crippen LogP) is 2.50. The Morgan fingerprint density at radius 1 is 1.18 bits per heavy atom. The first-order valence-electron chi connectivity index (χ1n) is 9.78. The molecule has 1 aromatic heterocycles. The van der Waals surface area contributed by atoms with Crippen molar-refractivity contribution in [1.29, 1.82) is 0 Å². The van der Waals surface area contributed by atoms with Gasteiger partial charge < -0.3 is 24.8 Å². The van der Waals surface area contributed by atoms with Gasteiger partial charge in [-0.2, -0.15) is 0 Å². The number of rotatable bonds is 12. The maximum absolute atomic E-state index is 10.2. The molecule has 28 heavy (non-hydrogen) atoms. The molecule has 2 N–H and O–H groups in total. The molecule has 1 atom stereocenters. The van der Waals surface area contributed by atoms with Crippen LogP contribution in [0.15, 0.2) is 42.6 Å². The van der Waals surface area contributed by atoms with Gasteiger partial charge in [0.05, 0.1) is 7.11 Å². The van der Waals surface area contributed by atoms with Gasteiger partial charge >= 0.3 is 0 Å². The van der Waals surface area contributed by atoms with E-state index in [2.05, 4.69) is 29.0 Å². The van der Waals surface area contributed by atoms with Gasteiger partial charge in [0.15, 0.2) is 11.5 Å². The molecular weight excluding hydrogens is 354 g/mol. The van der Waals surface area contributed by atoms with Crippen LogP contribution in [0.3, 0.4) is 0 Å². The van der Waals surface area contributed by atoms with Crippen LogP contribution in [-0.2, 0) is 13.0 Å². The Balaban J connectivity index is 1.84. The van der Waals surface area contributed by atoms with Crippen molar-refractivity contribution < 1.29 is 14.6 Å². The topological polar surface area (TPSA) is 66.8 Å². The standard InChI is InChI=1S/C22H33N3O3/c1-17(2)25(3)15-20(26)16-28-22-13-18(8-9-21(22)27-4)14-23-12-10-19-7-5-6-11-24-19/h5-9,11,13,17,20,23,26H,10,12,14-16H2,1-4H3. The van der Waals surface area contributed by atoms with Crippen molar-refractivity contribution in [2.24, 2.45) is 0 Å². The summed E-state index contributed by atoms with van der Waals surface area (Å²) in [5, 5.41) is 13.6. The van der Waals surface area contributed by atoms with Gasteiger partial charge in [-0.05, 0) is 50.7 Å². The number of aliphatic hydroxyl groups is 1. The molecule has 0 saturated carbocycles. The maximum Gasteiger partial charge on any atom is 0.161 e. The Morgan fingerprint density at radius 2 is 2.00 bits per heavy atom. The average molecular weight is 388 g/mol. The van der Waals surface area contributed by atoms with Crippen LogP contribution in [0.2, 0.25) is 0 Å². The van der Waals surface area contributed by atoms with Crippen molar-refractivity contribution in [1.82, 2.24) is 15.2 Å². The molecule has 0 aliphatic rings. The smallest absolute Gasteiger partial charge is 0.161 e. The second-order valence-corrected chi connectivity index (χ2v) is 7.23. The fraction of sp³-hybridized carbons (Fsp3) is 0.500. The van der Waals surface area contributed by atoms with Crippen molar-refractivity contribution in [3.63, 3.8) is 0 Å². The van der Waals surface area contributed by atoms with Crippen LogP contribution >= 0.6 is 0 Å². The predicted molar refractivity (Wildman–Crippen MR) is 112 cm³/mol. The van der Waals surface area contributed by atoms with Crippen molar-refractivity contribution in [2.75, 3.05) is 33.9 Å². The van der Waals surface area contributed by atoms with E-state index in [9.17, 15) is 5.11 Å². The van der Waals surface area contributed by atoms with Gasteiger partial charge in [-0.25, -0.2) is 0 Å². The third-order valence-corrected chi connectivity index (χ3v) is 4.65. The summed E-state index contributed by atoms with van der Waals surface area (Å²) >= 11 is 0. The van der Waals surface area contributed by atoms with Crippen LogP contribution in [0.25, 0.3) is 0 Å². The van der Waals surface area contributed by atoms with Gasteiger partial charge in [-0.1, -0.05) is 12.1 Å². The summed E-state index contributed by atoms with van der Waals surface area (Å²) in [5.74, 6) is 1.32. The van der Waals surface area contributed by atoms with Gasteiger partial charge in [-0.3, -0.25) is 4.98 Å². The number of pyridine rings is 1. The van der Waals surface area contributed by atoms with E-state index in [0.717, 1.165) is 30.8 Å². The van der Waals surface area contributed by atoms with E-state index in [0.29, 0.717) is 24.1 Å². The number of nitrogens with zero attached hydrogens (tertiary/aromatic N) is 2. The number of hydrogen-bond donors (Lipinski definition) is 2. The molecule has 2 aromatic rings. The summed E-state index contributed by atoms with van der Waals surface area (Å²) in [7, 11) is 3.61. The van der Waals surface area contributed by atoms with Crippen molar-refractivity contribution in [3.05, 3.63) is 53.9 Å². The van der Waals surface area contributed by atoms with Gasteiger partial charge in [0.1, 0.15) is 12.7 Å². The average Bonchev–Trinajstić information content (AvgIpc) is 2.70. The highest BCUT2D eigenvalue weighted by atomic mass is 16.5. The highest BCUT2D eigenvalue weighted by molar-refractivity contribution is 5.43. The Morgan fingerprint density at radius 3 is 2.68 bits per heavy atom. The molecule has 0 bridgehead atoms. The lowest BCUT2D eigenvalue weighted by atomic mass is 10.2. The molecule has 6 heteroatoms. The number of ether oxygens (including phenoxy) is 2. The van der Waals surface area contributed by atoms with E-state index < -0.39 is 6.10 Å². The molecule has 1 heterocycles. The molecule has 0 saturated heterocycles. The van der Waals surface area contributed by atoms with Crippen molar-refractivity contribution in [2.45, 2.75) is 39.0 Å². The molecule has 0 amide bonds. The Kier molecular flexibility index (Phi) is 9.20. The van der Waals surface area contributed by atoms with Crippen LogP contribution in [0.5, 0.6) is 11.5 Å². The second kappa shape index (κ2) is 11.6. The van der Waals surface area contributed by atoms with Crippen molar-refractivity contribution >= 4 is 0 Å². The number of benzene rings is 1. The van der Waals surface area contributed by atoms with Crippen LogP contribution in [0, 0.1) is 0 Å². The largest absolute Gasteiger partial charge is 0.493 e. The zero-order valence-corrected chi connectivity index (χ0v) is 17.4. The lowest BCUT2D eigenvalue weighted by Gasteiger charge is -2.24. The molecule has 0 spiro atoms. The molecule has 0 radical (unpaired) electrons. The number of likely N-dealkylation sites (N-methyl/N-ethyl adjacent to an activating group) is 1. The zero-order valence-electron chi connectivity index (χ0n) is 17.4. The molecule has 6 nitrogen and oxygen atoms in total. The lowest BCUT2D eigenvalue weighted by molar-refractivity contribution is 0.0668. The minimum atomic E-state index is -0.558. The van der Waals surface area contributed by atoms with E-state index in [1.807, 2.05) is 49.6 Å². The fourth-order valence-corrected chi connectivity index (χ4v) is 2.72. The van der Waals surface area contributed by atoms with Crippen LogP contribution in [-0.4, -0.2) is 61.0 Å². The quantitative estimate of drug-likeness (QED) is 0.546. The first-order chi connectivity index (χ1) is 13.5. The minimum Gasteiger partial charge on any atom is -0.493 e. The molecule has 154 valence electrons. The normalized spacial score (nSPS) is 12.4. The van der Waals surface area contributed by atoms with Crippen LogP contribution in [0.4, 0.5) is 0 Å². The summed E-state index contributed by atoms with van der Waals surface area (Å²) < 4.78 is 11.2. The van der Waals surface area contributed by atoms with Crippen LogP contribution in [0.1, 0.15) is 25.1 Å². The molecule has 0 aliphatic carbocycles. The highest BCUT2D eigenvalue weighted by Gasteiger charge is 2.13. The Bertz CT molecular complexity index is 695. The first kappa shape index (κ1) is 22.1. The monoisotopic (exact) mass is 387 g/mol. The lowest BCUT2D eigenvalue weighted by Crippen LogP contribution is -2.37. The maximum atomic E-state index is 10.2. The number of hydrogen-bond acceptors (Lipinski definition) is 6. The highest BCUT2D eigenvalue weighted by Crippen LogP contribution is 2.28. The third kappa shape index (κ3) is 7.46. The van der Waals surface area contributed by atoms with Gasteiger partial charge in [-0.15, -0.1) is 0 Å². The number of aliphatic hydroxyl groups excluding tert-OH is 1.